The highest BCUT2D eigenvalue weighted by Crippen LogP contribution is 2.48. The third-order valence-electron chi connectivity index (χ3n) is 3.03. The predicted molar refractivity (Wildman–Crippen MR) is 66.1 cm³/mol. The maximum atomic E-state index is 10.0. The van der Waals surface area contributed by atoms with Crippen molar-refractivity contribution < 1.29 is 19.7 Å². The molecule has 2 aromatic rings. The van der Waals surface area contributed by atoms with Gasteiger partial charge in [0, 0.05) is 23.3 Å². The Bertz CT molecular complexity index is 602. The summed E-state index contributed by atoms with van der Waals surface area (Å²) in [6, 6.07) is 8.32. The van der Waals surface area contributed by atoms with Crippen molar-refractivity contribution in [2.75, 3.05) is 7.11 Å². The average molecular weight is 244 g/mol. The Morgan fingerprint density at radius 2 is 2.00 bits per heavy atom. The number of phenolic OH excluding ortho intramolecular Hbond substituents is 2. The molecule has 0 saturated carbocycles. The van der Waals surface area contributed by atoms with Crippen LogP contribution in [-0.2, 0) is 6.61 Å². The van der Waals surface area contributed by atoms with Crippen molar-refractivity contribution in [3.63, 3.8) is 0 Å². The van der Waals surface area contributed by atoms with Gasteiger partial charge in [-0.15, -0.1) is 0 Å². The smallest absolute Gasteiger partial charge is 0.135 e. The minimum Gasteiger partial charge on any atom is -0.508 e. The van der Waals surface area contributed by atoms with Crippen molar-refractivity contribution in [2.45, 2.75) is 6.61 Å². The van der Waals surface area contributed by atoms with Crippen LogP contribution in [0, 0.1) is 0 Å². The van der Waals surface area contributed by atoms with Crippen molar-refractivity contribution in [1.82, 2.24) is 0 Å². The summed E-state index contributed by atoms with van der Waals surface area (Å²) in [5, 5.41) is 19.6. The number of methoxy groups -OCH3 is 1. The predicted octanol–water partition coefficient (Wildman–Crippen LogP) is 2.67. The second-order valence-electron chi connectivity index (χ2n) is 4.12. The average Bonchev–Trinajstić information content (AvgIpc) is 2.37. The van der Waals surface area contributed by atoms with E-state index in [-0.39, 0.29) is 11.5 Å². The number of hydrogen-bond acceptors (Lipinski definition) is 4. The van der Waals surface area contributed by atoms with Crippen molar-refractivity contribution in [2.24, 2.45) is 0 Å². The molecule has 0 fully saturated rings. The fraction of sp³-hybridized carbons (Fsp3) is 0.143. The van der Waals surface area contributed by atoms with E-state index in [1.165, 1.54) is 19.2 Å². The molecule has 1 aliphatic rings. The Balaban J connectivity index is 2.35. The molecule has 2 aromatic carbocycles. The topological polar surface area (TPSA) is 58.9 Å². The third-order valence-corrected chi connectivity index (χ3v) is 3.03. The van der Waals surface area contributed by atoms with Crippen molar-refractivity contribution in [3.8, 4) is 34.1 Å². The molecule has 0 aliphatic carbocycles. The zero-order chi connectivity index (χ0) is 12.7. The lowest BCUT2D eigenvalue weighted by Crippen LogP contribution is -2.06. The van der Waals surface area contributed by atoms with Crippen LogP contribution in [0.4, 0.5) is 0 Å². The molecule has 3 rings (SSSR count). The first-order valence-electron chi connectivity index (χ1n) is 5.55. The first-order chi connectivity index (χ1) is 8.70. The van der Waals surface area contributed by atoms with E-state index in [1.807, 2.05) is 6.07 Å². The number of fused-ring (bicyclic) bond motifs is 3. The van der Waals surface area contributed by atoms with E-state index in [4.69, 9.17) is 9.47 Å². The van der Waals surface area contributed by atoms with Gasteiger partial charge in [-0.05, 0) is 6.07 Å². The molecule has 0 atom stereocenters. The maximum absolute atomic E-state index is 10.0. The molecule has 0 aromatic heterocycles. The molecule has 4 nitrogen and oxygen atoms in total. The van der Waals surface area contributed by atoms with E-state index in [1.54, 1.807) is 12.1 Å². The van der Waals surface area contributed by atoms with Crippen LogP contribution in [0.2, 0.25) is 0 Å². The van der Waals surface area contributed by atoms with E-state index >= 15 is 0 Å². The Morgan fingerprint density at radius 3 is 2.78 bits per heavy atom. The summed E-state index contributed by atoms with van der Waals surface area (Å²) in [5.41, 5.74) is 2.27. The second-order valence-corrected chi connectivity index (χ2v) is 4.12. The number of phenols is 2. The zero-order valence-electron chi connectivity index (χ0n) is 9.80. The van der Waals surface area contributed by atoms with Gasteiger partial charge in [-0.25, -0.2) is 0 Å². The van der Waals surface area contributed by atoms with E-state index < -0.39 is 0 Å². The quantitative estimate of drug-likeness (QED) is 0.809. The SMILES string of the molecule is COc1cc(O)cc2c1-c1c(O)cccc1CO2. The number of ether oxygens (including phenoxy) is 2. The van der Waals surface area contributed by atoms with Gasteiger partial charge >= 0.3 is 0 Å². The minimum atomic E-state index is 0.0736. The van der Waals surface area contributed by atoms with Gasteiger partial charge in [0.15, 0.2) is 0 Å². The van der Waals surface area contributed by atoms with Crippen LogP contribution in [-0.4, -0.2) is 17.3 Å². The molecule has 0 amide bonds. The molecule has 0 radical (unpaired) electrons. The largest absolute Gasteiger partial charge is 0.508 e. The van der Waals surface area contributed by atoms with Gasteiger partial charge in [-0.1, -0.05) is 12.1 Å². The lowest BCUT2D eigenvalue weighted by atomic mass is 9.95. The standard InChI is InChI=1S/C14H12O4/c1-17-11-5-9(15)6-12-14(11)13-8(7-18-12)3-2-4-10(13)16/h2-6,15-16H,7H2,1H3. The van der Waals surface area contributed by atoms with Crippen LogP contribution in [0.3, 0.4) is 0 Å². The molecular formula is C14H12O4. The second kappa shape index (κ2) is 3.84. The van der Waals surface area contributed by atoms with Crippen LogP contribution in [0.1, 0.15) is 5.56 Å². The number of benzene rings is 2. The van der Waals surface area contributed by atoms with Gasteiger partial charge in [0.25, 0.3) is 0 Å². The Hall–Kier alpha value is -2.36. The van der Waals surface area contributed by atoms with Crippen LogP contribution in [0.15, 0.2) is 30.3 Å². The summed E-state index contributed by atoms with van der Waals surface area (Å²) < 4.78 is 10.8. The molecule has 0 bridgehead atoms. The van der Waals surface area contributed by atoms with Crippen LogP contribution in [0.25, 0.3) is 11.1 Å². The lowest BCUT2D eigenvalue weighted by molar-refractivity contribution is 0.296. The Morgan fingerprint density at radius 1 is 1.17 bits per heavy atom. The molecule has 1 aliphatic heterocycles. The van der Waals surface area contributed by atoms with Crippen LogP contribution >= 0.6 is 0 Å². The molecule has 18 heavy (non-hydrogen) atoms. The molecule has 0 unspecified atom stereocenters. The lowest BCUT2D eigenvalue weighted by Gasteiger charge is -2.23. The van der Waals surface area contributed by atoms with E-state index in [0.717, 1.165) is 5.56 Å². The van der Waals surface area contributed by atoms with Crippen LogP contribution in [0.5, 0.6) is 23.0 Å². The molecule has 0 spiro atoms. The van der Waals surface area contributed by atoms with Gasteiger partial charge in [-0.2, -0.15) is 0 Å². The molecule has 1 heterocycles. The highest BCUT2D eigenvalue weighted by atomic mass is 16.5. The van der Waals surface area contributed by atoms with E-state index in [9.17, 15) is 10.2 Å². The maximum Gasteiger partial charge on any atom is 0.135 e. The summed E-state index contributed by atoms with van der Waals surface area (Å²) in [6.07, 6.45) is 0. The minimum absolute atomic E-state index is 0.0736. The van der Waals surface area contributed by atoms with Crippen molar-refractivity contribution in [1.29, 1.82) is 0 Å². The van der Waals surface area contributed by atoms with Gasteiger partial charge in [-0.3, -0.25) is 0 Å². The number of hydrogen-bond donors (Lipinski definition) is 2. The summed E-state index contributed by atoms with van der Waals surface area (Å²) in [5.74, 6) is 1.25. The normalized spacial score (nSPS) is 12.3. The number of rotatable bonds is 1. The fourth-order valence-electron chi connectivity index (χ4n) is 2.25. The summed E-state index contributed by atoms with van der Waals surface area (Å²) >= 11 is 0. The van der Waals surface area contributed by atoms with E-state index in [2.05, 4.69) is 0 Å². The molecule has 2 N–H and O–H groups in total. The highest BCUT2D eigenvalue weighted by Gasteiger charge is 2.24. The molecule has 92 valence electrons. The first kappa shape index (κ1) is 10.8. The van der Waals surface area contributed by atoms with Crippen molar-refractivity contribution >= 4 is 0 Å². The Kier molecular flexibility index (Phi) is 2.30. The van der Waals surface area contributed by atoms with Crippen LogP contribution < -0.4 is 9.47 Å². The van der Waals surface area contributed by atoms with E-state index in [0.29, 0.717) is 29.2 Å². The van der Waals surface area contributed by atoms with Gasteiger partial charge < -0.3 is 19.7 Å². The zero-order valence-corrected chi connectivity index (χ0v) is 9.80. The highest BCUT2D eigenvalue weighted by molar-refractivity contribution is 5.85. The summed E-state index contributed by atoms with van der Waals surface area (Å²) in [4.78, 5) is 0. The third kappa shape index (κ3) is 1.46. The molecule has 4 heteroatoms. The molecule has 0 saturated heterocycles. The fourth-order valence-corrected chi connectivity index (χ4v) is 2.25. The Labute approximate surface area is 104 Å². The van der Waals surface area contributed by atoms with Crippen molar-refractivity contribution in [3.05, 3.63) is 35.9 Å². The monoisotopic (exact) mass is 244 g/mol. The van der Waals surface area contributed by atoms with Gasteiger partial charge in [0.05, 0.1) is 12.7 Å². The summed E-state index contributed by atoms with van der Waals surface area (Å²) in [6.45, 7) is 0.364. The van der Waals surface area contributed by atoms with Gasteiger partial charge in [0.1, 0.15) is 29.6 Å². The molecular weight excluding hydrogens is 232 g/mol. The number of aromatic hydroxyl groups is 2. The first-order valence-corrected chi connectivity index (χ1v) is 5.55. The van der Waals surface area contributed by atoms with Gasteiger partial charge in [0.2, 0.25) is 0 Å². The summed E-state index contributed by atoms with van der Waals surface area (Å²) in [7, 11) is 1.52.